The number of hydrogen-bond acceptors (Lipinski definition) is 5. The summed E-state index contributed by atoms with van der Waals surface area (Å²) in [5.41, 5.74) is 0.0524. The summed E-state index contributed by atoms with van der Waals surface area (Å²) < 4.78 is 5.01. The van der Waals surface area contributed by atoms with Gasteiger partial charge in [-0.15, -0.1) is 0 Å². The van der Waals surface area contributed by atoms with Gasteiger partial charge in [-0.3, -0.25) is 0 Å². The predicted octanol–water partition coefficient (Wildman–Crippen LogP) is 0.854. The van der Waals surface area contributed by atoms with Gasteiger partial charge in [-0.1, -0.05) is 11.6 Å². The van der Waals surface area contributed by atoms with Crippen LogP contribution in [0.3, 0.4) is 0 Å². The molecule has 7 heteroatoms. The highest BCUT2D eigenvalue weighted by atomic mass is 35.5. The second-order valence-corrected chi connectivity index (χ2v) is 3.49. The first-order chi connectivity index (χ1) is 8.15. The maximum atomic E-state index is 10.9. The summed E-state index contributed by atoms with van der Waals surface area (Å²) in [5, 5.41) is 20.4. The van der Waals surface area contributed by atoms with Crippen molar-refractivity contribution in [3.63, 3.8) is 0 Å². The molecule has 17 heavy (non-hydrogen) atoms. The molecule has 3 N–H and O–H groups in total. The summed E-state index contributed by atoms with van der Waals surface area (Å²) in [5.74, 6) is -0.870. The van der Waals surface area contributed by atoms with Crippen molar-refractivity contribution in [2.24, 2.45) is 0 Å². The van der Waals surface area contributed by atoms with Crippen molar-refractivity contribution < 1.29 is 19.7 Å². The third-order valence-corrected chi connectivity index (χ3v) is 2.08. The van der Waals surface area contributed by atoms with Crippen LogP contribution in [0.4, 0.5) is 5.82 Å². The van der Waals surface area contributed by atoms with Crippen molar-refractivity contribution in [3.8, 4) is 0 Å². The number of anilines is 1. The maximum absolute atomic E-state index is 10.9. The van der Waals surface area contributed by atoms with E-state index in [9.17, 15) is 4.79 Å². The standard InChI is InChI=1S/C10H13ClN2O4/c11-8-2-1-7(10(15)16)9(13-8)12-3-5-17-6-4-14/h1-2,14H,3-6H2,(H,12,13)(H,15,16). The third kappa shape index (κ3) is 4.56. The van der Waals surface area contributed by atoms with Crippen molar-refractivity contribution in [2.45, 2.75) is 0 Å². The number of carboxylic acid groups (broad SMARTS) is 1. The molecule has 0 aromatic carbocycles. The lowest BCUT2D eigenvalue weighted by molar-refractivity contribution is 0.0697. The largest absolute Gasteiger partial charge is 0.478 e. The van der Waals surface area contributed by atoms with Crippen LogP contribution in [0.1, 0.15) is 10.4 Å². The Morgan fingerprint density at radius 1 is 1.47 bits per heavy atom. The minimum atomic E-state index is -1.08. The fourth-order valence-corrected chi connectivity index (χ4v) is 1.30. The van der Waals surface area contributed by atoms with Crippen LogP contribution in [-0.2, 0) is 4.74 Å². The van der Waals surface area contributed by atoms with Crippen LogP contribution in [0.5, 0.6) is 0 Å². The second kappa shape index (κ2) is 7.05. The predicted molar refractivity (Wildman–Crippen MR) is 62.6 cm³/mol. The highest BCUT2D eigenvalue weighted by molar-refractivity contribution is 6.29. The molecule has 0 amide bonds. The van der Waals surface area contributed by atoms with E-state index in [-0.39, 0.29) is 29.7 Å². The number of aliphatic hydroxyl groups is 1. The Hall–Kier alpha value is -1.37. The van der Waals surface area contributed by atoms with E-state index in [0.29, 0.717) is 13.2 Å². The van der Waals surface area contributed by atoms with Crippen molar-refractivity contribution in [3.05, 3.63) is 22.8 Å². The Bertz CT molecular complexity index is 387. The summed E-state index contributed by atoms with van der Waals surface area (Å²) in [4.78, 5) is 14.8. The van der Waals surface area contributed by atoms with E-state index in [4.69, 9.17) is 26.6 Å². The molecule has 1 aromatic rings. The van der Waals surface area contributed by atoms with Crippen LogP contribution in [-0.4, -0.2) is 47.5 Å². The van der Waals surface area contributed by atoms with Crippen molar-refractivity contribution in [2.75, 3.05) is 31.7 Å². The zero-order valence-corrected chi connectivity index (χ0v) is 9.78. The van der Waals surface area contributed by atoms with E-state index < -0.39 is 5.97 Å². The number of rotatable bonds is 7. The SMILES string of the molecule is O=C(O)c1ccc(Cl)nc1NCCOCCO. The van der Waals surface area contributed by atoms with Crippen molar-refractivity contribution in [1.82, 2.24) is 4.98 Å². The van der Waals surface area contributed by atoms with Gasteiger partial charge in [0, 0.05) is 6.54 Å². The lowest BCUT2D eigenvalue weighted by Crippen LogP contribution is -2.14. The normalized spacial score (nSPS) is 10.2. The molecule has 0 bridgehead atoms. The number of halogens is 1. The Balaban J connectivity index is 2.56. The van der Waals surface area contributed by atoms with E-state index >= 15 is 0 Å². The fourth-order valence-electron chi connectivity index (χ4n) is 1.15. The highest BCUT2D eigenvalue weighted by Gasteiger charge is 2.11. The minimum absolute atomic E-state index is 0.0458. The number of aliphatic hydroxyl groups excluding tert-OH is 1. The van der Waals surface area contributed by atoms with Crippen LogP contribution in [0.15, 0.2) is 12.1 Å². The second-order valence-electron chi connectivity index (χ2n) is 3.10. The summed E-state index contributed by atoms with van der Waals surface area (Å²) in [6.45, 7) is 0.924. The van der Waals surface area contributed by atoms with E-state index in [2.05, 4.69) is 10.3 Å². The maximum Gasteiger partial charge on any atom is 0.339 e. The Morgan fingerprint density at radius 3 is 2.88 bits per heavy atom. The lowest BCUT2D eigenvalue weighted by atomic mass is 10.2. The zero-order chi connectivity index (χ0) is 12.7. The Kier molecular flexibility index (Phi) is 5.68. The molecule has 0 fully saturated rings. The first-order valence-electron chi connectivity index (χ1n) is 4.97. The minimum Gasteiger partial charge on any atom is -0.478 e. The van der Waals surface area contributed by atoms with Gasteiger partial charge in [0.15, 0.2) is 0 Å². The molecule has 1 rings (SSSR count). The molecule has 6 nitrogen and oxygen atoms in total. The van der Waals surface area contributed by atoms with Gasteiger partial charge in [-0.25, -0.2) is 9.78 Å². The first-order valence-corrected chi connectivity index (χ1v) is 5.35. The third-order valence-electron chi connectivity index (χ3n) is 1.87. The first kappa shape index (κ1) is 13.7. The summed E-state index contributed by atoms with van der Waals surface area (Å²) in [6.07, 6.45) is 0. The number of pyridine rings is 1. The summed E-state index contributed by atoms with van der Waals surface area (Å²) >= 11 is 5.68. The molecule has 1 heterocycles. The van der Waals surface area contributed by atoms with Gasteiger partial charge in [0.25, 0.3) is 0 Å². The molecule has 0 aliphatic heterocycles. The fraction of sp³-hybridized carbons (Fsp3) is 0.400. The number of nitrogens with one attached hydrogen (secondary N) is 1. The van der Waals surface area contributed by atoms with Gasteiger partial charge in [0.1, 0.15) is 16.5 Å². The van der Waals surface area contributed by atoms with E-state index in [0.717, 1.165) is 0 Å². The van der Waals surface area contributed by atoms with E-state index in [1.807, 2.05) is 0 Å². The molecule has 0 radical (unpaired) electrons. The Morgan fingerprint density at radius 2 is 2.24 bits per heavy atom. The van der Waals surface area contributed by atoms with Gasteiger partial charge in [0.2, 0.25) is 0 Å². The van der Waals surface area contributed by atoms with Crippen LogP contribution in [0.25, 0.3) is 0 Å². The number of aromatic carboxylic acids is 1. The van der Waals surface area contributed by atoms with Gasteiger partial charge in [0.05, 0.1) is 19.8 Å². The van der Waals surface area contributed by atoms with Crippen LogP contribution in [0.2, 0.25) is 5.15 Å². The molecule has 0 aliphatic carbocycles. The molecule has 0 atom stereocenters. The van der Waals surface area contributed by atoms with Crippen molar-refractivity contribution in [1.29, 1.82) is 0 Å². The van der Waals surface area contributed by atoms with Crippen LogP contribution in [0, 0.1) is 0 Å². The number of hydrogen-bond donors (Lipinski definition) is 3. The molecule has 94 valence electrons. The molecular weight excluding hydrogens is 248 g/mol. The molecule has 1 aromatic heterocycles. The smallest absolute Gasteiger partial charge is 0.339 e. The van der Waals surface area contributed by atoms with Gasteiger partial charge >= 0.3 is 5.97 Å². The molecule has 0 unspecified atom stereocenters. The number of ether oxygens (including phenoxy) is 1. The number of aromatic nitrogens is 1. The van der Waals surface area contributed by atoms with Crippen LogP contribution >= 0.6 is 11.6 Å². The molecule has 0 saturated heterocycles. The summed E-state index contributed by atoms with van der Waals surface area (Å²) in [7, 11) is 0. The Labute approximate surface area is 103 Å². The molecule has 0 spiro atoms. The van der Waals surface area contributed by atoms with Crippen LogP contribution < -0.4 is 5.32 Å². The van der Waals surface area contributed by atoms with E-state index in [1.165, 1.54) is 12.1 Å². The average molecular weight is 261 g/mol. The molecular formula is C10H13ClN2O4. The quantitative estimate of drug-likeness (QED) is 0.497. The van der Waals surface area contributed by atoms with Crippen molar-refractivity contribution >= 4 is 23.4 Å². The van der Waals surface area contributed by atoms with Gasteiger partial charge in [-0.2, -0.15) is 0 Å². The number of carboxylic acids is 1. The lowest BCUT2D eigenvalue weighted by Gasteiger charge is -2.08. The topological polar surface area (TPSA) is 91.7 Å². The van der Waals surface area contributed by atoms with Gasteiger partial charge in [-0.05, 0) is 12.1 Å². The molecule has 0 aliphatic rings. The highest BCUT2D eigenvalue weighted by Crippen LogP contribution is 2.16. The molecule has 0 saturated carbocycles. The van der Waals surface area contributed by atoms with Gasteiger partial charge < -0.3 is 20.3 Å². The monoisotopic (exact) mass is 260 g/mol. The zero-order valence-electron chi connectivity index (χ0n) is 9.02. The number of nitrogens with zero attached hydrogens (tertiary/aromatic N) is 1. The number of carbonyl (C=O) groups is 1. The average Bonchev–Trinajstić information content (AvgIpc) is 2.28. The summed E-state index contributed by atoms with van der Waals surface area (Å²) in [6, 6.07) is 2.80. The van der Waals surface area contributed by atoms with E-state index in [1.54, 1.807) is 0 Å².